The van der Waals surface area contributed by atoms with Gasteiger partial charge in [-0.3, -0.25) is 0 Å². The highest BCUT2D eigenvalue weighted by Crippen LogP contribution is 2.31. The number of benzene rings is 2. The van der Waals surface area contributed by atoms with Crippen LogP contribution in [-0.2, 0) is 10.3 Å². The summed E-state index contributed by atoms with van der Waals surface area (Å²) in [5.41, 5.74) is 12.0. The first-order chi connectivity index (χ1) is 11.9. The molecule has 0 saturated carbocycles. The lowest BCUT2D eigenvalue weighted by atomic mass is 9.91. The molecule has 1 aliphatic heterocycles. The molecular formula is C19H17FN4O. The van der Waals surface area contributed by atoms with E-state index in [0.717, 1.165) is 28.7 Å². The van der Waals surface area contributed by atoms with Crippen molar-refractivity contribution < 1.29 is 9.18 Å². The van der Waals surface area contributed by atoms with Gasteiger partial charge in [-0.05, 0) is 46.0 Å². The largest absolute Gasteiger partial charge is 0.371 e. The molecule has 1 atom stereocenters. The number of nitrogens with zero attached hydrogens (tertiary/aromatic N) is 3. The van der Waals surface area contributed by atoms with Crippen molar-refractivity contribution in [3.63, 3.8) is 0 Å². The monoisotopic (exact) mass is 336 g/mol. The molecule has 1 aliphatic rings. The fourth-order valence-corrected chi connectivity index (χ4v) is 2.89. The molecule has 0 saturated heterocycles. The lowest BCUT2D eigenvalue weighted by molar-refractivity contribution is -0.109. The quantitative estimate of drug-likeness (QED) is 0.380. The Labute approximate surface area is 144 Å². The van der Waals surface area contributed by atoms with Crippen molar-refractivity contribution in [1.29, 1.82) is 0 Å². The van der Waals surface area contributed by atoms with Gasteiger partial charge in [0.25, 0.3) is 0 Å². The van der Waals surface area contributed by atoms with Gasteiger partial charge in [-0.2, -0.15) is 0 Å². The minimum atomic E-state index is -0.642. The van der Waals surface area contributed by atoms with Gasteiger partial charge in [0.05, 0.1) is 5.54 Å². The SMILES string of the molecule is CC(C)(N=[N+]=[N-])c1ccc(C2=Cc3ccc(F)cc3C(C=O)N2)cc1. The minimum absolute atomic E-state index is 0.367. The number of azide groups is 1. The smallest absolute Gasteiger partial charge is 0.146 e. The maximum absolute atomic E-state index is 13.4. The topological polar surface area (TPSA) is 77.9 Å². The predicted molar refractivity (Wildman–Crippen MR) is 94.8 cm³/mol. The van der Waals surface area contributed by atoms with Crippen LogP contribution in [0, 0.1) is 5.82 Å². The van der Waals surface area contributed by atoms with Gasteiger partial charge >= 0.3 is 0 Å². The van der Waals surface area contributed by atoms with Gasteiger partial charge in [0, 0.05) is 10.6 Å². The summed E-state index contributed by atoms with van der Waals surface area (Å²) in [7, 11) is 0. The molecule has 0 radical (unpaired) electrons. The normalized spacial score (nSPS) is 16.1. The van der Waals surface area contributed by atoms with E-state index < -0.39 is 11.6 Å². The van der Waals surface area contributed by atoms with Crippen molar-refractivity contribution in [2.75, 3.05) is 0 Å². The first-order valence-corrected chi connectivity index (χ1v) is 7.85. The minimum Gasteiger partial charge on any atom is -0.371 e. The molecule has 6 heteroatoms. The van der Waals surface area contributed by atoms with Gasteiger partial charge in [-0.1, -0.05) is 49.3 Å². The number of carbonyl (C=O) groups excluding carboxylic acids is 1. The summed E-state index contributed by atoms with van der Waals surface area (Å²) in [4.78, 5) is 14.3. The molecule has 0 spiro atoms. The average Bonchev–Trinajstić information content (AvgIpc) is 2.61. The summed E-state index contributed by atoms with van der Waals surface area (Å²) >= 11 is 0. The molecule has 0 aromatic heterocycles. The molecule has 5 nitrogen and oxygen atoms in total. The summed E-state index contributed by atoms with van der Waals surface area (Å²) < 4.78 is 13.4. The maximum atomic E-state index is 13.4. The Morgan fingerprint density at radius 2 is 1.96 bits per heavy atom. The molecule has 1 unspecified atom stereocenters. The third-order valence-electron chi connectivity index (χ3n) is 4.33. The van der Waals surface area contributed by atoms with Crippen LogP contribution in [0.2, 0.25) is 0 Å². The number of rotatable bonds is 4. The van der Waals surface area contributed by atoms with E-state index in [1.54, 1.807) is 6.07 Å². The molecule has 0 amide bonds. The Balaban J connectivity index is 1.98. The molecule has 0 bridgehead atoms. The predicted octanol–water partition coefficient (Wildman–Crippen LogP) is 4.71. The third kappa shape index (κ3) is 3.25. The fraction of sp³-hybridized carbons (Fsp3) is 0.211. The van der Waals surface area contributed by atoms with Crippen LogP contribution in [0.15, 0.2) is 47.6 Å². The Morgan fingerprint density at radius 1 is 1.24 bits per heavy atom. The van der Waals surface area contributed by atoms with Crippen molar-refractivity contribution >= 4 is 18.1 Å². The van der Waals surface area contributed by atoms with E-state index >= 15 is 0 Å². The first kappa shape index (κ1) is 16.7. The van der Waals surface area contributed by atoms with Gasteiger partial charge in [-0.15, -0.1) is 0 Å². The van der Waals surface area contributed by atoms with Crippen LogP contribution in [0.5, 0.6) is 0 Å². The second-order valence-corrected chi connectivity index (χ2v) is 6.42. The zero-order chi connectivity index (χ0) is 18.0. The molecule has 1 heterocycles. The van der Waals surface area contributed by atoms with E-state index in [1.165, 1.54) is 12.1 Å². The maximum Gasteiger partial charge on any atom is 0.146 e. The van der Waals surface area contributed by atoms with Gasteiger partial charge in [0.2, 0.25) is 0 Å². The fourth-order valence-electron chi connectivity index (χ4n) is 2.89. The van der Waals surface area contributed by atoms with Crippen molar-refractivity contribution in [2.24, 2.45) is 5.11 Å². The van der Waals surface area contributed by atoms with E-state index in [1.807, 2.05) is 44.2 Å². The molecule has 2 aromatic carbocycles. The highest BCUT2D eigenvalue weighted by Gasteiger charge is 2.22. The van der Waals surface area contributed by atoms with Gasteiger partial charge < -0.3 is 10.1 Å². The second kappa shape index (κ2) is 6.42. The van der Waals surface area contributed by atoms with Crippen LogP contribution in [0.25, 0.3) is 22.2 Å². The van der Waals surface area contributed by atoms with Crippen LogP contribution in [0.3, 0.4) is 0 Å². The molecule has 1 N–H and O–H groups in total. The number of fused-ring (bicyclic) bond motifs is 1. The zero-order valence-electron chi connectivity index (χ0n) is 13.9. The molecule has 0 aliphatic carbocycles. The van der Waals surface area contributed by atoms with E-state index in [0.29, 0.717) is 5.56 Å². The zero-order valence-corrected chi connectivity index (χ0v) is 13.9. The van der Waals surface area contributed by atoms with Crippen LogP contribution in [0.1, 0.15) is 42.1 Å². The number of hydrogen-bond donors (Lipinski definition) is 1. The summed E-state index contributed by atoms with van der Waals surface area (Å²) in [6.45, 7) is 3.68. The Morgan fingerprint density at radius 3 is 2.60 bits per heavy atom. The molecule has 0 fully saturated rings. The number of halogens is 1. The lowest BCUT2D eigenvalue weighted by Crippen LogP contribution is -2.25. The van der Waals surface area contributed by atoms with E-state index in [9.17, 15) is 9.18 Å². The van der Waals surface area contributed by atoms with Crippen molar-refractivity contribution in [1.82, 2.24) is 5.32 Å². The van der Waals surface area contributed by atoms with E-state index in [-0.39, 0.29) is 5.82 Å². The van der Waals surface area contributed by atoms with Gasteiger partial charge in [-0.25, -0.2) is 4.39 Å². The Bertz CT molecular complexity index is 896. The highest BCUT2D eigenvalue weighted by molar-refractivity contribution is 5.87. The van der Waals surface area contributed by atoms with Gasteiger partial charge in [0.1, 0.15) is 18.1 Å². The summed E-state index contributed by atoms with van der Waals surface area (Å²) in [6.07, 6.45) is 2.66. The summed E-state index contributed by atoms with van der Waals surface area (Å²) in [5, 5.41) is 6.93. The van der Waals surface area contributed by atoms with E-state index in [4.69, 9.17) is 5.53 Å². The first-order valence-electron chi connectivity index (χ1n) is 7.85. The van der Waals surface area contributed by atoms with Crippen LogP contribution in [-0.4, -0.2) is 6.29 Å². The number of nitrogens with one attached hydrogen (secondary N) is 1. The van der Waals surface area contributed by atoms with Crippen molar-refractivity contribution in [2.45, 2.75) is 25.4 Å². The summed E-state index contributed by atoms with van der Waals surface area (Å²) in [6, 6.07) is 11.4. The summed E-state index contributed by atoms with van der Waals surface area (Å²) in [5.74, 6) is -0.367. The Kier molecular flexibility index (Phi) is 4.30. The number of carbonyl (C=O) groups is 1. The molecule has 2 aromatic rings. The lowest BCUT2D eigenvalue weighted by Gasteiger charge is -2.25. The molecule has 3 rings (SSSR count). The van der Waals surface area contributed by atoms with Crippen LogP contribution < -0.4 is 5.32 Å². The Hall–Kier alpha value is -3.11. The van der Waals surface area contributed by atoms with Crippen molar-refractivity contribution in [3.05, 3.63) is 81.0 Å². The molecular weight excluding hydrogens is 319 g/mol. The van der Waals surface area contributed by atoms with Gasteiger partial charge in [0.15, 0.2) is 0 Å². The molecule has 25 heavy (non-hydrogen) atoms. The molecule has 126 valence electrons. The number of hydrogen-bond acceptors (Lipinski definition) is 3. The third-order valence-corrected chi connectivity index (χ3v) is 4.33. The average molecular weight is 336 g/mol. The standard InChI is InChI=1S/C19H17FN4O/c1-19(2,23-24-21)14-6-3-12(4-7-14)17-9-13-5-8-15(20)10-16(13)18(11-25)22-17/h3-11,18,22H,1-2H3. The van der Waals surface area contributed by atoms with Crippen LogP contribution in [0.4, 0.5) is 4.39 Å². The van der Waals surface area contributed by atoms with E-state index in [2.05, 4.69) is 15.3 Å². The van der Waals surface area contributed by atoms with Crippen LogP contribution >= 0.6 is 0 Å². The highest BCUT2D eigenvalue weighted by atomic mass is 19.1. The van der Waals surface area contributed by atoms with Crippen molar-refractivity contribution in [3.8, 4) is 0 Å². The number of aldehydes is 1. The second-order valence-electron chi connectivity index (χ2n) is 6.42.